The zero-order chi connectivity index (χ0) is 15.4. The molecule has 1 amide bonds. The average Bonchev–Trinajstić information content (AvgIpc) is 2.46. The summed E-state index contributed by atoms with van der Waals surface area (Å²) in [5.74, 6) is -1.54. The molecule has 2 rings (SSSR count). The topological polar surface area (TPSA) is 92.4 Å². The van der Waals surface area contributed by atoms with Gasteiger partial charge >= 0.3 is 5.97 Å². The molecule has 2 aromatic carbocycles. The highest BCUT2D eigenvalue weighted by Gasteiger charge is 2.20. The molecule has 0 aliphatic heterocycles. The number of halogens is 1. The van der Waals surface area contributed by atoms with E-state index in [0.717, 1.165) is 0 Å². The number of nitrogens with one attached hydrogen (secondary N) is 1. The van der Waals surface area contributed by atoms with Crippen LogP contribution in [0.2, 0.25) is 0 Å². The summed E-state index contributed by atoms with van der Waals surface area (Å²) < 4.78 is 0.570. The van der Waals surface area contributed by atoms with Crippen molar-refractivity contribution in [1.82, 2.24) is 0 Å². The average molecular weight is 349 g/mol. The van der Waals surface area contributed by atoms with Crippen molar-refractivity contribution >= 4 is 33.5 Å². The van der Waals surface area contributed by atoms with E-state index in [1.54, 1.807) is 42.5 Å². The van der Waals surface area contributed by atoms with E-state index in [-0.39, 0.29) is 0 Å². The monoisotopic (exact) mass is 348 g/mol. The summed E-state index contributed by atoms with van der Waals surface area (Å²) in [7, 11) is 0. The molecule has 0 spiro atoms. The second kappa shape index (κ2) is 6.41. The molecule has 5 nitrogen and oxygen atoms in total. The number of carboxylic acid groups (broad SMARTS) is 1. The molecule has 0 fully saturated rings. The second-order valence-corrected chi connectivity index (χ2v) is 5.24. The van der Waals surface area contributed by atoms with Crippen molar-refractivity contribution in [3.05, 3.63) is 64.1 Å². The van der Waals surface area contributed by atoms with E-state index < -0.39 is 17.9 Å². The summed E-state index contributed by atoms with van der Waals surface area (Å²) in [5.41, 5.74) is 6.75. The molecular weight excluding hydrogens is 336 g/mol. The maximum atomic E-state index is 11.4. The predicted octanol–water partition coefficient (Wildman–Crippen LogP) is 2.79. The maximum Gasteiger partial charge on any atom is 0.330 e. The molecule has 0 heterocycles. The van der Waals surface area contributed by atoms with Crippen LogP contribution in [-0.4, -0.2) is 17.0 Å². The molecular formula is C15H13BrN2O3. The number of carbonyl (C=O) groups is 2. The van der Waals surface area contributed by atoms with Gasteiger partial charge in [-0.05, 0) is 39.7 Å². The first-order valence-electron chi connectivity index (χ1n) is 6.12. The summed E-state index contributed by atoms with van der Waals surface area (Å²) in [6, 6.07) is 12.7. The molecule has 0 saturated heterocycles. The lowest BCUT2D eigenvalue weighted by molar-refractivity contribution is -0.138. The molecule has 21 heavy (non-hydrogen) atoms. The molecule has 108 valence electrons. The van der Waals surface area contributed by atoms with Crippen molar-refractivity contribution in [2.75, 3.05) is 5.32 Å². The molecule has 6 heteroatoms. The zero-order valence-electron chi connectivity index (χ0n) is 10.9. The maximum absolute atomic E-state index is 11.4. The van der Waals surface area contributed by atoms with Crippen LogP contribution in [-0.2, 0) is 4.79 Å². The third kappa shape index (κ3) is 3.61. The fourth-order valence-corrected chi connectivity index (χ4v) is 2.37. The van der Waals surface area contributed by atoms with Gasteiger partial charge in [-0.2, -0.15) is 0 Å². The van der Waals surface area contributed by atoms with Gasteiger partial charge in [-0.3, -0.25) is 4.79 Å². The molecule has 1 atom stereocenters. The fraction of sp³-hybridized carbons (Fsp3) is 0.0667. The Morgan fingerprint density at radius 2 is 1.81 bits per heavy atom. The van der Waals surface area contributed by atoms with Crippen molar-refractivity contribution in [3.63, 3.8) is 0 Å². The lowest BCUT2D eigenvalue weighted by atomic mass is 10.1. The van der Waals surface area contributed by atoms with Gasteiger partial charge in [-0.1, -0.05) is 30.3 Å². The fourth-order valence-electron chi connectivity index (χ4n) is 1.87. The Labute approximate surface area is 129 Å². The largest absolute Gasteiger partial charge is 0.479 e. The Morgan fingerprint density at radius 3 is 2.33 bits per heavy atom. The van der Waals surface area contributed by atoms with Crippen LogP contribution in [0.4, 0.5) is 5.69 Å². The summed E-state index contributed by atoms with van der Waals surface area (Å²) in [4.78, 5) is 22.5. The highest BCUT2D eigenvalue weighted by molar-refractivity contribution is 9.10. The van der Waals surface area contributed by atoms with Gasteiger partial charge in [0.1, 0.15) is 0 Å². The summed E-state index contributed by atoms with van der Waals surface area (Å²) in [6.45, 7) is 0. The van der Waals surface area contributed by atoms with Gasteiger partial charge in [0.25, 0.3) is 0 Å². The summed E-state index contributed by atoms with van der Waals surface area (Å²) >= 11 is 3.30. The Kier molecular flexibility index (Phi) is 4.59. The molecule has 0 aromatic heterocycles. The van der Waals surface area contributed by atoms with Crippen LogP contribution in [0, 0.1) is 0 Å². The van der Waals surface area contributed by atoms with E-state index in [1.165, 1.54) is 0 Å². The van der Waals surface area contributed by atoms with E-state index in [1.807, 2.05) is 6.07 Å². The van der Waals surface area contributed by atoms with E-state index in [4.69, 9.17) is 5.73 Å². The number of hydrogen-bond donors (Lipinski definition) is 3. The molecule has 0 radical (unpaired) electrons. The van der Waals surface area contributed by atoms with Crippen LogP contribution >= 0.6 is 15.9 Å². The Morgan fingerprint density at radius 1 is 1.14 bits per heavy atom. The van der Waals surface area contributed by atoms with E-state index in [2.05, 4.69) is 21.2 Å². The molecule has 0 aliphatic carbocycles. The number of anilines is 1. The number of nitrogens with two attached hydrogens (primary N) is 1. The number of carbonyl (C=O) groups excluding carboxylic acids is 1. The molecule has 4 N–H and O–H groups in total. The Hall–Kier alpha value is -2.34. The van der Waals surface area contributed by atoms with Gasteiger partial charge in [0, 0.05) is 15.7 Å². The zero-order valence-corrected chi connectivity index (χ0v) is 12.5. The van der Waals surface area contributed by atoms with Crippen LogP contribution in [0.5, 0.6) is 0 Å². The van der Waals surface area contributed by atoms with Crippen molar-refractivity contribution in [2.45, 2.75) is 6.04 Å². The normalized spacial score (nSPS) is 11.7. The first kappa shape index (κ1) is 15.1. The molecule has 0 aliphatic rings. The van der Waals surface area contributed by atoms with Crippen LogP contribution in [0.25, 0.3) is 0 Å². The van der Waals surface area contributed by atoms with Crippen molar-refractivity contribution in [1.29, 1.82) is 0 Å². The van der Waals surface area contributed by atoms with Crippen LogP contribution in [0.3, 0.4) is 0 Å². The van der Waals surface area contributed by atoms with E-state index >= 15 is 0 Å². The third-order valence-electron chi connectivity index (χ3n) is 2.93. The van der Waals surface area contributed by atoms with Crippen LogP contribution in [0.15, 0.2) is 53.0 Å². The number of benzene rings is 2. The number of primary amides is 1. The number of amides is 1. The molecule has 2 aromatic rings. The van der Waals surface area contributed by atoms with Gasteiger partial charge < -0.3 is 16.2 Å². The quantitative estimate of drug-likeness (QED) is 0.774. The standard InChI is InChI=1S/C15H13BrN2O3/c16-11-8-10(14(17)19)6-7-12(11)18-13(15(20)21)9-4-2-1-3-5-9/h1-8,13,18H,(H2,17,19)(H,20,21). The van der Waals surface area contributed by atoms with Crippen LogP contribution < -0.4 is 11.1 Å². The lowest BCUT2D eigenvalue weighted by Crippen LogP contribution is -2.20. The van der Waals surface area contributed by atoms with Gasteiger partial charge in [0.2, 0.25) is 5.91 Å². The van der Waals surface area contributed by atoms with Crippen molar-refractivity contribution in [3.8, 4) is 0 Å². The third-order valence-corrected chi connectivity index (χ3v) is 3.59. The molecule has 0 saturated carbocycles. The van der Waals surface area contributed by atoms with E-state index in [0.29, 0.717) is 21.3 Å². The number of carboxylic acids is 1. The van der Waals surface area contributed by atoms with Gasteiger partial charge in [-0.25, -0.2) is 4.79 Å². The highest BCUT2D eigenvalue weighted by Crippen LogP contribution is 2.28. The summed E-state index contributed by atoms with van der Waals surface area (Å²) in [6.07, 6.45) is 0. The molecule has 0 bridgehead atoms. The Bertz CT molecular complexity index is 674. The number of rotatable bonds is 5. The smallest absolute Gasteiger partial charge is 0.330 e. The first-order chi connectivity index (χ1) is 9.99. The molecule has 1 unspecified atom stereocenters. The van der Waals surface area contributed by atoms with Crippen LogP contribution in [0.1, 0.15) is 22.0 Å². The summed E-state index contributed by atoms with van der Waals surface area (Å²) in [5, 5.41) is 12.3. The van der Waals surface area contributed by atoms with E-state index in [9.17, 15) is 14.7 Å². The van der Waals surface area contributed by atoms with Gasteiger partial charge in [-0.15, -0.1) is 0 Å². The number of hydrogen-bond acceptors (Lipinski definition) is 3. The minimum Gasteiger partial charge on any atom is -0.479 e. The SMILES string of the molecule is NC(=O)c1ccc(NC(C(=O)O)c2ccccc2)c(Br)c1. The number of aliphatic carboxylic acids is 1. The Balaban J connectivity index is 2.30. The predicted molar refractivity (Wildman–Crippen MR) is 83.1 cm³/mol. The van der Waals surface area contributed by atoms with Gasteiger partial charge in [0.05, 0.1) is 0 Å². The lowest BCUT2D eigenvalue weighted by Gasteiger charge is -2.17. The second-order valence-electron chi connectivity index (χ2n) is 4.39. The first-order valence-corrected chi connectivity index (χ1v) is 6.92. The minimum atomic E-state index is -0.993. The van der Waals surface area contributed by atoms with Gasteiger partial charge in [0.15, 0.2) is 6.04 Å². The van der Waals surface area contributed by atoms with Crippen molar-refractivity contribution in [2.24, 2.45) is 5.73 Å². The highest BCUT2D eigenvalue weighted by atomic mass is 79.9. The minimum absolute atomic E-state index is 0.346. The van der Waals surface area contributed by atoms with Crippen molar-refractivity contribution < 1.29 is 14.7 Å².